The standard InChI is InChI=1S/C16H19N5O/c1-12-7-13(2)21(19-12)11-15-10-20(5-6-22-15)16-4-3-14(8-17)9-18-16/h3-4,7,9,15H,5-6,10-11H2,1-2H3/t15-/m1/s1. The molecule has 22 heavy (non-hydrogen) atoms. The summed E-state index contributed by atoms with van der Waals surface area (Å²) < 4.78 is 7.86. The summed E-state index contributed by atoms with van der Waals surface area (Å²) >= 11 is 0. The Morgan fingerprint density at radius 3 is 2.91 bits per heavy atom. The minimum absolute atomic E-state index is 0.0872. The molecule has 0 unspecified atom stereocenters. The van der Waals surface area contributed by atoms with Crippen molar-refractivity contribution in [2.75, 3.05) is 24.6 Å². The van der Waals surface area contributed by atoms with Crippen LogP contribution in [0.4, 0.5) is 5.82 Å². The number of ether oxygens (including phenoxy) is 1. The molecular weight excluding hydrogens is 278 g/mol. The Balaban J connectivity index is 1.68. The van der Waals surface area contributed by atoms with Crippen molar-refractivity contribution in [2.24, 2.45) is 0 Å². The number of anilines is 1. The fourth-order valence-electron chi connectivity index (χ4n) is 2.73. The van der Waals surface area contributed by atoms with Gasteiger partial charge in [-0.05, 0) is 32.0 Å². The summed E-state index contributed by atoms with van der Waals surface area (Å²) in [4.78, 5) is 6.56. The zero-order valence-corrected chi connectivity index (χ0v) is 12.9. The van der Waals surface area contributed by atoms with Crippen molar-refractivity contribution in [1.82, 2.24) is 14.8 Å². The second-order valence-electron chi connectivity index (χ2n) is 5.56. The largest absolute Gasteiger partial charge is 0.373 e. The Morgan fingerprint density at radius 2 is 2.27 bits per heavy atom. The Bertz CT molecular complexity index is 686. The lowest BCUT2D eigenvalue weighted by Gasteiger charge is -2.33. The summed E-state index contributed by atoms with van der Waals surface area (Å²) in [5.41, 5.74) is 2.75. The highest BCUT2D eigenvalue weighted by atomic mass is 16.5. The molecule has 2 aromatic rings. The number of pyridine rings is 1. The van der Waals surface area contributed by atoms with Crippen molar-refractivity contribution in [3.8, 4) is 6.07 Å². The Kier molecular flexibility index (Phi) is 4.07. The van der Waals surface area contributed by atoms with Crippen LogP contribution in [0.1, 0.15) is 17.0 Å². The first-order chi connectivity index (χ1) is 10.7. The predicted octanol–water partition coefficient (Wildman–Crippen LogP) is 1.67. The average Bonchev–Trinajstić information content (AvgIpc) is 2.85. The summed E-state index contributed by atoms with van der Waals surface area (Å²) in [7, 11) is 0. The molecule has 0 N–H and O–H groups in total. The van der Waals surface area contributed by atoms with E-state index in [1.54, 1.807) is 12.3 Å². The van der Waals surface area contributed by atoms with E-state index in [0.717, 1.165) is 36.8 Å². The smallest absolute Gasteiger partial charge is 0.128 e. The van der Waals surface area contributed by atoms with E-state index in [1.807, 2.05) is 17.7 Å². The summed E-state index contributed by atoms with van der Waals surface area (Å²) in [6, 6.07) is 7.85. The van der Waals surface area contributed by atoms with Gasteiger partial charge in [0.15, 0.2) is 0 Å². The molecule has 0 radical (unpaired) electrons. The number of morpholine rings is 1. The molecule has 0 aliphatic carbocycles. The highest BCUT2D eigenvalue weighted by Crippen LogP contribution is 2.17. The summed E-state index contributed by atoms with van der Waals surface area (Å²) in [5, 5.41) is 13.3. The van der Waals surface area contributed by atoms with Crippen LogP contribution in [0.25, 0.3) is 0 Å². The normalized spacial score (nSPS) is 18.2. The van der Waals surface area contributed by atoms with Crippen molar-refractivity contribution >= 4 is 5.82 Å². The van der Waals surface area contributed by atoms with Crippen LogP contribution in [0, 0.1) is 25.2 Å². The van der Waals surface area contributed by atoms with Crippen LogP contribution in [0.15, 0.2) is 24.4 Å². The van der Waals surface area contributed by atoms with Gasteiger partial charge < -0.3 is 9.64 Å². The van der Waals surface area contributed by atoms with Gasteiger partial charge in [0.2, 0.25) is 0 Å². The van der Waals surface area contributed by atoms with Crippen molar-refractivity contribution < 1.29 is 4.74 Å². The summed E-state index contributed by atoms with van der Waals surface area (Å²) in [6.45, 7) is 7.06. The lowest BCUT2D eigenvalue weighted by Crippen LogP contribution is -2.44. The highest BCUT2D eigenvalue weighted by molar-refractivity contribution is 5.42. The van der Waals surface area contributed by atoms with Crippen molar-refractivity contribution in [1.29, 1.82) is 5.26 Å². The van der Waals surface area contributed by atoms with E-state index in [2.05, 4.69) is 34.0 Å². The molecule has 6 heteroatoms. The Hall–Kier alpha value is -2.39. The lowest BCUT2D eigenvalue weighted by atomic mass is 10.2. The Labute approximate surface area is 129 Å². The molecule has 1 aliphatic heterocycles. The van der Waals surface area contributed by atoms with Crippen LogP contribution in [0.2, 0.25) is 0 Å². The molecule has 1 fully saturated rings. The zero-order chi connectivity index (χ0) is 15.5. The van der Waals surface area contributed by atoms with Crippen LogP contribution < -0.4 is 4.90 Å². The number of aryl methyl sites for hydroxylation is 2. The van der Waals surface area contributed by atoms with Crippen molar-refractivity contribution in [3.05, 3.63) is 41.3 Å². The van der Waals surface area contributed by atoms with Gasteiger partial charge in [-0.15, -0.1) is 0 Å². The van der Waals surface area contributed by atoms with E-state index in [1.165, 1.54) is 0 Å². The Morgan fingerprint density at radius 1 is 1.41 bits per heavy atom. The molecule has 0 amide bonds. The molecule has 3 heterocycles. The number of aromatic nitrogens is 3. The van der Waals surface area contributed by atoms with E-state index in [4.69, 9.17) is 10.00 Å². The third-order valence-electron chi connectivity index (χ3n) is 3.82. The number of nitriles is 1. The topological polar surface area (TPSA) is 67.0 Å². The van der Waals surface area contributed by atoms with Crippen LogP contribution in [-0.4, -0.2) is 40.6 Å². The van der Waals surface area contributed by atoms with Gasteiger partial charge >= 0.3 is 0 Å². The second kappa shape index (κ2) is 6.16. The number of rotatable bonds is 3. The van der Waals surface area contributed by atoms with Crippen molar-refractivity contribution in [2.45, 2.75) is 26.5 Å². The second-order valence-corrected chi connectivity index (χ2v) is 5.56. The molecule has 6 nitrogen and oxygen atoms in total. The van der Waals surface area contributed by atoms with E-state index >= 15 is 0 Å². The third-order valence-corrected chi connectivity index (χ3v) is 3.82. The molecule has 0 bridgehead atoms. The summed E-state index contributed by atoms with van der Waals surface area (Å²) in [6.07, 6.45) is 1.70. The molecule has 114 valence electrons. The maximum Gasteiger partial charge on any atom is 0.128 e. The zero-order valence-electron chi connectivity index (χ0n) is 12.9. The summed E-state index contributed by atoms with van der Waals surface area (Å²) in [5.74, 6) is 0.890. The van der Waals surface area contributed by atoms with Gasteiger partial charge in [0.25, 0.3) is 0 Å². The van der Waals surface area contributed by atoms with Gasteiger partial charge in [0.1, 0.15) is 11.9 Å². The molecule has 2 aromatic heterocycles. The monoisotopic (exact) mass is 297 g/mol. The SMILES string of the molecule is Cc1cc(C)n(C[C@H]2CN(c3ccc(C#N)cn3)CCO2)n1. The molecule has 0 saturated carbocycles. The van der Waals surface area contributed by atoms with E-state index in [9.17, 15) is 0 Å². The van der Waals surface area contributed by atoms with E-state index < -0.39 is 0 Å². The molecule has 1 atom stereocenters. The van der Waals surface area contributed by atoms with E-state index in [-0.39, 0.29) is 6.10 Å². The van der Waals surface area contributed by atoms with Crippen LogP contribution in [0.3, 0.4) is 0 Å². The lowest BCUT2D eigenvalue weighted by molar-refractivity contribution is 0.0267. The molecule has 0 spiro atoms. The fourth-order valence-corrected chi connectivity index (χ4v) is 2.73. The van der Waals surface area contributed by atoms with Crippen LogP contribution in [0.5, 0.6) is 0 Å². The maximum absolute atomic E-state index is 8.84. The average molecular weight is 297 g/mol. The van der Waals surface area contributed by atoms with Gasteiger partial charge in [0, 0.05) is 25.0 Å². The minimum atomic E-state index is 0.0872. The first-order valence-corrected chi connectivity index (χ1v) is 7.39. The van der Waals surface area contributed by atoms with Gasteiger partial charge in [-0.25, -0.2) is 4.98 Å². The number of hydrogen-bond donors (Lipinski definition) is 0. The van der Waals surface area contributed by atoms with Gasteiger partial charge in [-0.2, -0.15) is 10.4 Å². The number of hydrogen-bond acceptors (Lipinski definition) is 5. The molecule has 1 saturated heterocycles. The minimum Gasteiger partial charge on any atom is -0.373 e. The van der Waals surface area contributed by atoms with Crippen LogP contribution in [-0.2, 0) is 11.3 Å². The first-order valence-electron chi connectivity index (χ1n) is 7.39. The number of nitrogens with zero attached hydrogens (tertiary/aromatic N) is 5. The van der Waals surface area contributed by atoms with Gasteiger partial charge in [-0.3, -0.25) is 4.68 Å². The predicted molar refractivity (Wildman–Crippen MR) is 82.6 cm³/mol. The molecule has 3 rings (SSSR count). The fraction of sp³-hybridized carbons (Fsp3) is 0.438. The molecule has 1 aliphatic rings. The van der Waals surface area contributed by atoms with Gasteiger partial charge in [-0.1, -0.05) is 0 Å². The van der Waals surface area contributed by atoms with Crippen LogP contribution >= 0.6 is 0 Å². The highest BCUT2D eigenvalue weighted by Gasteiger charge is 2.22. The quantitative estimate of drug-likeness (QED) is 0.862. The molecule has 0 aromatic carbocycles. The van der Waals surface area contributed by atoms with Crippen molar-refractivity contribution in [3.63, 3.8) is 0 Å². The third kappa shape index (κ3) is 3.10. The van der Waals surface area contributed by atoms with E-state index in [0.29, 0.717) is 12.2 Å². The maximum atomic E-state index is 8.84. The molecular formula is C16H19N5O. The first kappa shape index (κ1) is 14.5. The van der Waals surface area contributed by atoms with Gasteiger partial charge in [0.05, 0.1) is 30.5 Å².